The number of imidazole rings is 1. The molecule has 1 fully saturated rings. The summed E-state index contributed by atoms with van der Waals surface area (Å²) in [5.74, 6) is 0.844. The lowest BCUT2D eigenvalue weighted by atomic mass is 9.88. The summed E-state index contributed by atoms with van der Waals surface area (Å²) in [6.07, 6.45) is 13.2. The fourth-order valence-corrected chi connectivity index (χ4v) is 4.63. The van der Waals surface area contributed by atoms with Gasteiger partial charge in [0.05, 0.1) is 23.5 Å². The molecule has 3 aromatic heterocycles. The van der Waals surface area contributed by atoms with E-state index in [1.807, 2.05) is 30.7 Å². The van der Waals surface area contributed by atoms with E-state index in [2.05, 4.69) is 46.2 Å². The number of anilines is 1. The maximum Gasteiger partial charge on any atom is 0.200 e. The average molecular weight is 405 g/mol. The first-order valence-corrected chi connectivity index (χ1v) is 11.1. The highest BCUT2D eigenvalue weighted by atomic mass is 15.2. The van der Waals surface area contributed by atoms with E-state index < -0.39 is 0 Å². The minimum Gasteiger partial charge on any atom is -0.356 e. The zero-order chi connectivity index (χ0) is 20.8. The van der Waals surface area contributed by atoms with Crippen LogP contribution in [0.15, 0.2) is 49.1 Å². The van der Waals surface area contributed by atoms with Crippen molar-refractivity contribution in [2.75, 3.05) is 18.4 Å². The van der Waals surface area contributed by atoms with Crippen molar-refractivity contribution in [1.29, 1.82) is 0 Å². The van der Waals surface area contributed by atoms with E-state index in [1.54, 1.807) is 6.20 Å². The van der Waals surface area contributed by atoms with Crippen molar-refractivity contribution in [1.82, 2.24) is 24.8 Å². The second kappa shape index (κ2) is 9.85. The number of aromatic nitrogens is 4. The van der Waals surface area contributed by atoms with Crippen molar-refractivity contribution in [3.05, 3.63) is 71.6 Å². The standard InChI is InChI=1S/C24H32N6/c1-18-8-6-13-25-22(18)20-10-5-11-21(23-19(2)9-7-14-26-23)30(20)17-4-3-12-27-24-28-15-16-29-24/h6-9,13-16,20-21H,3-5,10-12,17H2,1-2H3,(H2,27,28,29)/t20-,21+. The van der Waals surface area contributed by atoms with Gasteiger partial charge in [0.1, 0.15) is 0 Å². The summed E-state index contributed by atoms with van der Waals surface area (Å²) in [7, 11) is 0. The molecule has 0 amide bonds. The Morgan fingerprint density at radius 1 is 0.933 bits per heavy atom. The third-order valence-electron chi connectivity index (χ3n) is 6.12. The van der Waals surface area contributed by atoms with Crippen LogP contribution < -0.4 is 5.32 Å². The number of aromatic amines is 1. The van der Waals surface area contributed by atoms with Crippen LogP contribution in [-0.4, -0.2) is 37.9 Å². The molecule has 1 aliphatic heterocycles. The number of H-pyrrole nitrogens is 1. The lowest BCUT2D eigenvalue weighted by molar-refractivity contribution is 0.0745. The Kier molecular flexibility index (Phi) is 6.74. The van der Waals surface area contributed by atoms with Gasteiger partial charge in [-0.15, -0.1) is 0 Å². The van der Waals surface area contributed by atoms with Gasteiger partial charge in [-0.05, 0) is 75.8 Å². The highest BCUT2D eigenvalue weighted by Gasteiger charge is 2.34. The quantitative estimate of drug-likeness (QED) is 0.518. The molecule has 30 heavy (non-hydrogen) atoms. The van der Waals surface area contributed by atoms with Crippen molar-refractivity contribution < 1.29 is 0 Å². The van der Waals surface area contributed by atoms with Crippen LogP contribution in [0.25, 0.3) is 0 Å². The third-order valence-corrected chi connectivity index (χ3v) is 6.12. The molecule has 6 heteroatoms. The molecule has 6 nitrogen and oxygen atoms in total. The van der Waals surface area contributed by atoms with Crippen molar-refractivity contribution in [3.63, 3.8) is 0 Å². The Hall–Kier alpha value is -2.73. The van der Waals surface area contributed by atoms with Crippen LogP contribution in [0.4, 0.5) is 5.95 Å². The average Bonchev–Trinajstić information content (AvgIpc) is 3.28. The van der Waals surface area contributed by atoms with Gasteiger partial charge in [-0.3, -0.25) is 14.9 Å². The lowest BCUT2D eigenvalue weighted by Crippen LogP contribution is -2.38. The number of rotatable bonds is 8. The second-order valence-corrected chi connectivity index (χ2v) is 8.18. The largest absolute Gasteiger partial charge is 0.356 e. The molecule has 0 aliphatic carbocycles. The second-order valence-electron chi connectivity index (χ2n) is 8.18. The molecule has 2 atom stereocenters. The van der Waals surface area contributed by atoms with Gasteiger partial charge < -0.3 is 10.3 Å². The summed E-state index contributed by atoms with van der Waals surface area (Å²) in [6, 6.07) is 9.14. The van der Waals surface area contributed by atoms with Crippen LogP contribution in [0.1, 0.15) is 66.7 Å². The summed E-state index contributed by atoms with van der Waals surface area (Å²) in [5.41, 5.74) is 5.02. The smallest absolute Gasteiger partial charge is 0.200 e. The summed E-state index contributed by atoms with van der Waals surface area (Å²) < 4.78 is 0. The molecular formula is C24H32N6. The molecule has 3 aromatic rings. The Balaban J connectivity index is 1.50. The number of hydrogen-bond acceptors (Lipinski definition) is 5. The number of nitrogens with one attached hydrogen (secondary N) is 2. The highest BCUT2D eigenvalue weighted by molar-refractivity contribution is 5.26. The lowest BCUT2D eigenvalue weighted by Gasteiger charge is -2.42. The van der Waals surface area contributed by atoms with Gasteiger partial charge in [-0.2, -0.15) is 0 Å². The van der Waals surface area contributed by atoms with Gasteiger partial charge in [0, 0.05) is 31.3 Å². The van der Waals surface area contributed by atoms with Crippen LogP contribution in [0.3, 0.4) is 0 Å². The van der Waals surface area contributed by atoms with Gasteiger partial charge in [0.15, 0.2) is 5.95 Å². The number of unbranched alkanes of at least 4 members (excludes halogenated alkanes) is 1. The normalized spacial score (nSPS) is 19.7. The minimum atomic E-state index is 0.351. The molecule has 0 radical (unpaired) electrons. The van der Waals surface area contributed by atoms with Gasteiger partial charge in [-0.25, -0.2) is 4.98 Å². The van der Waals surface area contributed by atoms with E-state index in [0.29, 0.717) is 12.1 Å². The van der Waals surface area contributed by atoms with E-state index in [-0.39, 0.29) is 0 Å². The molecule has 1 aliphatic rings. The maximum atomic E-state index is 4.79. The summed E-state index contributed by atoms with van der Waals surface area (Å²) >= 11 is 0. The molecule has 4 rings (SSSR count). The predicted octanol–water partition coefficient (Wildman–Crippen LogP) is 4.98. The zero-order valence-electron chi connectivity index (χ0n) is 18.0. The Bertz CT molecular complexity index is 869. The van der Waals surface area contributed by atoms with Crippen LogP contribution in [0, 0.1) is 13.8 Å². The number of nitrogens with zero attached hydrogens (tertiary/aromatic N) is 4. The maximum absolute atomic E-state index is 4.79. The SMILES string of the molecule is Cc1cccnc1[C@H]1CCC[C@@H](c2ncccc2C)N1CCCCNc1ncc[nH]1. The van der Waals surface area contributed by atoms with Gasteiger partial charge in [0.2, 0.25) is 0 Å². The molecule has 0 saturated carbocycles. The molecule has 2 N–H and O–H groups in total. The van der Waals surface area contributed by atoms with E-state index in [4.69, 9.17) is 9.97 Å². The molecule has 0 bridgehead atoms. The molecule has 0 unspecified atom stereocenters. The first kappa shape index (κ1) is 20.5. The van der Waals surface area contributed by atoms with Crippen molar-refractivity contribution >= 4 is 5.95 Å². The van der Waals surface area contributed by atoms with E-state index in [0.717, 1.165) is 44.7 Å². The topological polar surface area (TPSA) is 69.7 Å². The van der Waals surface area contributed by atoms with Gasteiger partial charge in [0.25, 0.3) is 0 Å². The number of pyridine rings is 2. The number of hydrogen-bond donors (Lipinski definition) is 2. The van der Waals surface area contributed by atoms with Crippen molar-refractivity contribution in [2.45, 2.75) is 58.0 Å². The molecule has 0 spiro atoms. The van der Waals surface area contributed by atoms with E-state index in [1.165, 1.54) is 28.9 Å². The van der Waals surface area contributed by atoms with Crippen molar-refractivity contribution in [2.24, 2.45) is 0 Å². The summed E-state index contributed by atoms with van der Waals surface area (Å²) in [4.78, 5) is 19.6. The molecule has 0 aromatic carbocycles. The number of aryl methyl sites for hydroxylation is 2. The van der Waals surface area contributed by atoms with Crippen LogP contribution in [0.2, 0.25) is 0 Å². The highest BCUT2D eigenvalue weighted by Crippen LogP contribution is 2.42. The Labute approximate surface area is 179 Å². The Morgan fingerprint density at radius 3 is 2.17 bits per heavy atom. The van der Waals surface area contributed by atoms with Crippen LogP contribution in [0.5, 0.6) is 0 Å². The first-order chi connectivity index (χ1) is 14.7. The number of likely N-dealkylation sites (tertiary alicyclic amines) is 1. The molecule has 4 heterocycles. The minimum absolute atomic E-state index is 0.351. The van der Waals surface area contributed by atoms with E-state index >= 15 is 0 Å². The first-order valence-electron chi connectivity index (χ1n) is 11.1. The molecule has 158 valence electrons. The van der Waals surface area contributed by atoms with Gasteiger partial charge >= 0.3 is 0 Å². The zero-order valence-corrected chi connectivity index (χ0v) is 18.0. The van der Waals surface area contributed by atoms with Gasteiger partial charge in [-0.1, -0.05) is 12.1 Å². The Morgan fingerprint density at radius 2 is 1.60 bits per heavy atom. The number of piperidine rings is 1. The van der Waals surface area contributed by atoms with Crippen molar-refractivity contribution in [3.8, 4) is 0 Å². The fourth-order valence-electron chi connectivity index (χ4n) is 4.63. The monoisotopic (exact) mass is 404 g/mol. The predicted molar refractivity (Wildman–Crippen MR) is 120 cm³/mol. The van der Waals surface area contributed by atoms with E-state index in [9.17, 15) is 0 Å². The summed E-state index contributed by atoms with van der Waals surface area (Å²) in [5, 5.41) is 3.36. The van der Waals surface area contributed by atoms with Crippen LogP contribution in [-0.2, 0) is 0 Å². The molecular weight excluding hydrogens is 372 g/mol. The molecule has 1 saturated heterocycles. The fraction of sp³-hybridized carbons (Fsp3) is 0.458. The van der Waals surface area contributed by atoms with Crippen LogP contribution >= 0.6 is 0 Å². The summed E-state index contributed by atoms with van der Waals surface area (Å²) in [6.45, 7) is 6.33. The third kappa shape index (κ3) is 4.70.